The van der Waals surface area contributed by atoms with Crippen LogP contribution in [0.15, 0.2) is 71.3 Å². The first kappa shape index (κ1) is 15.5. The summed E-state index contributed by atoms with van der Waals surface area (Å²) in [6, 6.07) is 17.5. The molecule has 0 aromatic heterocycles. The Hall–Kier alpha value is -2.07. The van der Waals surface area contributed by atoms with E-state index in [0.29, 0.717) is 23.3 Å². The average Bonchev–Trinajstić information content (AvgIpc) is 3.16. The minimum Gasteiger partial charge on any atom is -0.270 e. The van der Waals surface area contributed by atoms with Gasteiger partial charge >= 0.3 is 0 Å². The molecule has 1 fully saturated rings. The SMILES string of the molecule is Cc1ccc(S(=O)(=O)N2CC[C@@H]3C[C@@H](c4ccccc4)C=C32)cc1. The third-order valence-corrected chi connectivity index (χ3v) is 6.98. The van der Waals surface area contributed by atoms with Crippen molar-refractivity contribution < 1.29 is 8.42 Å². The molecule has 1 aliphatic heterocycles. The molecule has 0 radical (unpaired) electrons. The molecule has 1 aliphatic carbocycles. The van der Waals surface area contributed by atoms with Crippen LogP contribution in [-0.2, 0) is 10.0 Å². The van der Waals surface area contributed by atoms with Crippen LogP contribution in [0, 0.1) is 12.8 Å². The van der Waals surface area contributed by atoms with E-state index in [9.17, 15) is 8.42 Å². The molecule has 2 aliphatic rings. The maximum absolute atomic E-state index is 13.0. The van der Waals surface area contributed by atoms with Gasteiger partial charge in [-0.25, -0.2) is 8.42 Å². The fraction of sp³-hybridized carbons (Fsp3) is 0.300. The van der Waals surface area contributed by atoms with Gasteiger partial charge in [0, 0.05) is 24.1 Å². The molecule has 124 valence electrons. The lowest BCUT2D eigenvalue weighted by Gasteiger charge is -2.20. The number of aryl methyl sites for hydroxylation is 1. The predicted octanol–water partition coefficient (Wildman–Crippen LogP) is 4.08. The molecule has 4 heteroatoms. The summed E-state index contributed by atoms with van der Waals surface area (Å²) in [7, 11) is -3.45. The highest BCUT2D eigenvalue weighted by Gasteiger charge is 2.40. The fourth-order valence-electron chi connectivity index (χ4n) is 3.82. The molecule has 2 atom stereocenters. The zero-order valence-corrected chi connectivity index (χ0v) is 14.5. The molecule has 0 spiro atoms. The van der Waals surface area contributed by atoms with Crippen molar-refractivity contribution in [3.05, 3.63) is 77.5 Å². The third-order valence-electron chi connectivity index (χ3n) is 5.13. The van der Waals surface area contributed by atoms with Crippen molar-refractivity contribution in [2.24, 2.45) is 5.92 Å². The Kier molecular flexibility index (Phi) is 3.72. The van der Waals surface area contributed by atoms with E-state index in [2.05, 4.69) is 18.2 Å². The maximum Gasteiger partial charge on any atom is 0.264 e. The highest BCUT2D eigenvalue weighted by molar-refractivity contribution is 7.89. The number of fused-ring (bicyclic) bond motifs is 1. The molecule has 0 amide bonds. The summed E-state index contributed by atoms with van der Waals surface area (Å²) >= 11 is 0. The summed E-state index contributed by atoms with van der Waals surface area (Å²) in [5, 5.41) is 0. The van der Waals surface area contributed by atoms with Gasteiger partial charge in [-0.2, -0.15) is 0 Å². The second kappa shape index (κ2) is 5.78. The van der Waals surface area contributed by atoms with E-state index in [0.717, 1.165) is 24.1 Å². The summed E-state index contributed by atoms with van der Waals surface area (Å²) < 4.78 is 27.7. The molecule has 0 N–H and O–H groups in total. The molecule has 1 saturated heterocycles. The van der Waals surface area contributed by atoms with Crippen LogP contribution in [0.4, 0.5) is 0 Å². The fourth-order valence-corrected chi connectivity index (χ4v) is 5.39. The highest BCUT2D eigenvalue weighted by Crippen LogP contribution is 2.45. The number of rotatable bonds is 3. The van der Waals surface area contributed by atoms with Gasteiger partial charge in [-0.15, -0.1) is 0 Å². The van der Waals surface area contributed by atoms with Crippen LogP contribution in [0.3, 0.4) is 0 Å². The van der Waals surface area contributed by atoms with E-state index in [4.69, 9.17) is 0 Å². The Morgan fingerprint density at radius 2 is 1.71 bits per heavy atom. The van der Waals surface area contributed by atoms with Gasteiger partial charge in [0.1, 0.15) is 0 Å². The van der Waals surface area contributed by atoms with Crippen LogP contribution in [0.2, 0.25) is 0 Å². The van der Waals surface area contributed by atoms with Crippen LogP contribution >= 0.6 is 0 Å². The number of hydrogen-bond acceptors (Lipinski definition) is 2. The zero-order valence-electron chi connectivity index (χ0n) is 13.7. The molecule has 24 heavy (non-hydrogen) atoms. The second-order valence-electron chi connectivity index (χ2n) is 6.72. The number of allylic oxidation sites excluding steroid dienone is 2. The summed E-state index contributed by atoms with van der Waals surface area (Å²) in [6.07, 6.45) is 4.10. The minimum atomic E-state index is -3.45. The smallest absolute Gasteiger partial charge is 0.264 e. The summed E-state index contributed by atoms with van der Waals surface area (Å²) in [4.78, 5) is 0.387. The van der Waals surface area contributed by atoms with E-state index >= 15 is 0 Å². The molecule has 4 rings (SSSR count). The Labute approximate surface area is 143 Å². The standard InChI is InChI=1S/C20H21NO2S/c1-15-7-9-19(10-8-15)24(22,23)21-12-11-17-13-18(14-20(17)21)16-5-3-2-4-6-16/h2-10,14,17-18H,11-13H2,1H3/t17-,18-/m1/s1. The molecule has 2 aromatic carbocycles. The van der Waals surface area contributed by atoms with Crippen LogP contribution in [0.1, 0.15) is 29.9 Å². The quantitative estimate of drug-likeness (QED) is 0.845. The van der Waals surface area contributed by atoms with Crippen LogP contribution < -0.4 is 0 Å². The third kappa shape index (κ3) is 2.55. The van der Waals surface area contributed by atoms with Crippen LogP contribution in [0.25, 0.3) is 0 Å². The van der Waals surface area contributed by atoms with Crippen molar-refractivity contribution in [1.29, 1.82) is 0 Å². The lowest BCUT2D eigenvalue weighted by molar-refractivity contribution is 0.510. The monoisotopic (exact) mass is 339 g/mol. The van der Waals surface area contributed by atoms with Gasteiger partial charge in [0.05, 0.1) is 4.90 Å². The predicted molar refractivity (Wildman–Crippen MR) is 95.1 cm³/mol. The summed E-state index contributed by atoms with van der Waals surface area (Å²) in [5.74, 6) is 0.678. The first-order valence-corrected chi connectivity index (χ1v) is 9.86. The topological polar surface area (TPSA) is 37.4 Å². The lowest BCUT2D eigenvalue weighted by Crippen LogP contribution is -2.27. The minimum absolute atomic E-state index is 0.321. The molecule has 1 heterocycles. The number of benzene rings is 2. The van der Waals surface area contributed by atoms with Gasteiger partial charge in [-0.1, -0.05) is 54.1 Å². The van der Waals surface area contributed by atoms with Gasteiger partial charge in [-0.3, -0.25) is 4.31 Å². The van der Waals surface area contributed by atoms with Gasteiger partial charge < -0.3 is 0 Å². The molecule has 3 nitrogen and oxygen atoms in total. The van der Waals surface area contributed by atoms with E-state index in [1.54, 1.807) is 16.4 Å². The summed E-state index contributed by atoms with van der Waals surface area (Å²) in [5.41, 5.74) is 3.33. The first-order chi connectivity index (χ1) is 11.6. The van der Waals surface area contributed by atoms with E-state index in [1.165, 1.54) is 5.56 Å². The normalized spacial score (nSPS) is 23.2. The number of nitrogens with zero attached hydrogens (tertiary/aromatic N) is 1. The highest BCUT2D eigenvalue weighted by atomic mass is 32.2. The van der Waals surface area contributed by atoms with Crippen molar-refractivity contribution >= 4 is 10.0 Å². The molecule has 0 unspecified atom stereocenters. The molecule has 0 saturated carbocycles. The van der Waals surface area contributed by atoms with E-state index in [-0.39, 0.29) is 0 Å². The van der Waals surface area contributed by atoms with Crippen molar-refractivity contribution in [3.63, 3.8) is 0 Å². The van der Waals surface area contributed by atoms with Crippen LogP contribution in [0.5, 0.6) is 0 Å². The largest absolute Gasteiger partial charge is 0.270 e. The van der Waals surface area contributed by atoms with Crippen LogP contribution in [-0.4, -0.2) is 19.3 Å². The molecule has 2 aromatic rings. The van der Waals surface area contributed by atoms with Gasteiger partial charge in [0.15, 0.2) is 0 Å². The Morgan fingerprint density at radius 1 is 1.00 bits per heavy atom. The Morgan fingerprint density at radius 3 is 2.42 bits per heavy atom. The van der Waals surface area contributed by atoms with E-state index < -0.39 is 10.0 Å². The van der Waals surface area contributed by atoms with Crippen molar-refractivity contribution in [1.82, 2.24) is 4.31 Å². The van der Waals surface area contributed by atoms with Crippen molar-refractivity contribution in [2.45, 2.75) is 30.6 Å². The first-order valence-electron chi connectivity index (χ1n) is 8.42. The maximum atomic E-state index is 13.0. The second-order valence-corrected chi connectivity index (χ2v) is 8.58. The van der Waals surface area contributed by atoms with E-state index in [1.807, 2.05) is 37.3 Å². The summed E-state index contributed by atoms with van der Waals surface area (Å²) in [6.45, 7) is 2.56. The zero-order chi connectivity index (χ0) is 16.7. The number of sulfonamides is 1. The lowest BCUT2D eigenvalue weighted by atomic mass is 9.95. The Balaban J connectivity index is 1.66. The van der Waals surface area contributed by atoms with Gasteiger partial charge in [0.2, 0.25) is 0 Å². The van der Waals surface area contributed by atoms with Gasteiger partial charge in [-0.05, 0) is 37.5 Å². The Bertz CT molecular complexity index is 870. The molecule has 0 bridgehead atoms. The van der Waals surface area contributed by atoms with Crippen molar-refractivity contribution in [3.8, 4) is 0 Å². The van der Waals surface area contributed by atoms with Crippen molar-refractivity contribution in [2.75, 3.05) is 6.54 Å². The number of hydrogen-bond donors (Lipinski definition) is 0. The van der Waals surface area contributed by atoms with Gasteiger partial charge in [0.25, 0.3) is 10.0 Å². The average molecular weight is 339 g/mol. The molecular formula is C20H21NO2S. The molecular weight excluding hydrogens is 318 g/mol.